The van der Waals surface area contributed by atoms with Crippen molar-refractivity contribution in [3.05, 3.63) is 14.4 Å². The minimum absolute atomic E-state index is 0. The van der Waals surface area contributed by atoms with Crippen LogP contribution in [0, 0.1) is 14.4 Å². The summed E-state index contributed by atoms with van der Waals surface area (Å²) in [5.41, 5.74) is 0. The molecule has 41 valence electrons. The van der Waals surface area contributed by atoms with Crippen LogP contribution in [0.5, 0.6) is 0 Å². The topological polar surface area (TPSA) is 0 Å². The van der Waals surface area contributed by atoms with Crippen LogP contribution >= 0.6 is 0 Å². The molecular formula is C5H16V. The number of hydrogen-bond acceptors (Lipinski definition) is 0. The van der Waals surface area contributed by atoms with E-state index in [1.54, 1.807) is 6.92 Å². The van der Waals surface area contributed by atoms with Crippen molar-refractivity contribution in [2.24, 2.45) is 0 Å². The Balaban J connectivity index is -0.000000000833. The van der Waals surface area contributed by atoms with E-state index >= 15 is 0 Å². The molecule has 0 heterocycles. The van der Waals surface area contributed by atoms with Crippen molar-refractivity contribution < 1.29 is 18.6 Å². The van der Waals surface area contributed by atoms with Gasteiger partial charge in [0.1, 0.15) is 0 Å². The molecule has 0 aromatic rings. The molecule has 0 amide bonds. The Kier molecular flexibility index (Phi) is 4680. The van der Waals surface area contributed by atoms with Crippen molar-refractivity contribution in [1.29, 1.82) is 0 Å². The van der Waals surface area contributed by atoms with E-state index in [1.165, 1.54) is 0 Å². The van der Waals surface area contributed by atoms with Gasteiger partial charge in [-0.3, -0.25) is 0 Å². The van der Waals surface area contributed by atoms with Gasteiger partial charge in [-0.1, -0.05) is 14.9 Å². The molecule has 0 aromatic heterocycles. The fourth-order valence-electron chi connectivity index (χ4n) is 0. The summed E-state index contributed by atoms with van der Waals surface area (Å²) < 4.78 is 0. The first-order valence-electron chi connectivity index (χ1n) is 0.707. The molecule has 6 heavy (non-hydrogen) atoms. The van der Waals surface area contributed by atoms with Crippen LogP contribution in [-0.4, -0.2) is 0 Å². The Morgan fingerprint density at radius 1 is 1.00 bits per heavy atom. The fraction of sp³-hybridized carbons (Fsp3) is 0.600. The van der Waals surface area contributed by atoms with Crippen molar-refractivity contribution in [2.75, 3.05) is 0 Å². The molecule has 0 aliphatic rings. The normalized spacial score (nSPS) is 1.00. The maximum absolute atomic E-state index is 3.25. The molecule has 1 heteroatoms. The molecule has 0 spiro atoms. The Morgan fingerprint density at radius 2 is 1.00 bits per heavy atom. The zero-order valence-electron chi connectivity index (χ0n) is 3.15. The summed E-state index contributed by atoms with van der Waals surface area (Å²) >= 11 is 0. The standard InChI is InChI=1S/C2H5.2CH4.CH3.V/c1-2;;;;/h1H2,2H3;2*1H4;1H3;/q-1;;;-1;+2. The van der Waals surface area contributed by atoms with Crippen LogP contribution in [0.15, 0.2) is 0 Å². The molecule has 0 rings (SSSR count). The average molecular weight is 127 g/mol. The minimum atomic E-state index is 0. The van der Waals surface area contributed by atoms with Crippen LogP contribution in [0.2, 0.25) is 0 Å². The molecule has 0 fully saturated rings. The first-order valence-corrected chi connectivity index (χ1v) is 0.707. The van der Waals surface area contributed by atoms with Crippen LogP contribution < -0.4 is 0 Å². The molecule has 0 nitrogen and oxygen atoms in total. The second-order valence-corrected chi connectivity index (χ2v) is 0. The van der Waals surface area contributed by atoms with Crippen LogP contribution in [-0.2, 0) is 18.6 Å². The van der Waals surface area contributed by atoms with Gasteiger partial charge in [0.05, 0.1) is 0 Å². The number of rotatable bonds is 0. The molecule has 1 radical (unpaired) electrons. The van der Waals surface area contributed by atoms with Crippen LogP contribution in [0.1, 0.15) is 21.8 Å². The van der Waals surface area contributed by atoms with E-state index in [0.29, 0.717) is 0 Å². The first-order chi connectivity index (χ1) is 1.00. The first kappa shape index (κ1) is 81.8. The van der Waals surface area contributed by atoms with Crippen molar-refractivity contribution >= 4 is 0 Å². The molecule has 0 aromatic carbocycles. The molecule has 0 aliphatic heterocycles. The average Bonchev–Trinajstić information content (AvgIpc) is 1.00. The van der Waals surface area contributed by atoms with Gasteiger partial charge in [-0.15, -0.1) is 0 Å². The largest absolute Gasteiger partial charge is 2.00 e. The maximum Gasteiger partial charge on any atom is 2.00 e. The Morgan fingerprint density at radius 3 is 1.00 bits per heavy atom. The van der Waals surface area contributed by atoms with E-state index in [0.717, 1.165) is 0 Å². The smallest absolute Gasteiger partial charge is 0.358 e. The Labute approximate surface area is 55.2 Å². The molecule has 0 bridgehead atoms. The van der Waals surface area contributed by atoms with Crippen molar-refractivity contribution in [3.8, 4) is 0 Å². The Bertz CT molecular complexity index is 3.90. The monoisotopic (exact) mass is 127 g/mol. The summed E-state index contributed by atoms with van der Waals surface area (Å²) in [6, 6.07) is 0. The minimum Gasteiger partial charge on any atom is -0.358 e. The van der Waals surface area contributed by atoms with Crippen molar-refractivity contribution in [2.45, 2.75) is 21.8 Å². The van der Waals surface area contributed by atoms with E-state index in [2.05, 4.69) is 6.92 Å². The van der Waals surface area contributed by atoms with Gasteiger partial charge in [-0.25, -0.2) is 0 Å². The molecule has 0 saturated heterocycles. The third-order valence-electron chi connectivity index (χ3n) is 0. The zero-order valence-corrected chi connectivity index (χ0v) is 4.55. The van der Waals surface area contributed by atoms with Crippen molar-refractivity contribution in [1.82, 2.24) is 0 Å². The summed E-state index contributed by atoms with van der Waals surface area (Å²) in [6.07, 6.45) is 0. The summed E-state index contributed by atoms with van der Waals surface area (Å²) in [6.45, 7) is 5.00. The summed E-state index contributed by atoms with van der Waals surface area (Å²) in [4.78, 5) is 0. The molecular weight excluding hydrogens is 111 g/mol. The van der Waals surface area contributed by atoms with E-state index in [9.17, 15) is 0 Å². The quantitative estimate of drug-likeness (QED) is 0.439. The second kappa shape index (κ2) is 344. The molecule has 0 N–H and O–H groups in total. The van der Waals surface area contributed by atoms with Crippen LogP contribution in [0.3, 0.4) is 0 Å². The van der Waals surface area contributed by atoms with Gasteiger partial charge in [0.15, 0.2) is 0 Å². The molecule has 0 atom stereocenters. The van der Waals surface area contributed by atoms with Crippen molar-refractivity contribution in [3.63, 3.8) is 0 Å². The second-order valence-electron chi connectivity index (χ2n) is 0. The molecule has 0 unspecified atom stereocenters. The fourth-order valence-corrected chi connectivity index (χ4v) is 0. The maximum atomic E-state index is 3.25. The third-order valence-corrected chi connectivity index (χ3v) is 0. The summed E-state index contributed by atoms with van der Waals surface area (Å²) in [5.74, 6) is 0. The van der Waals surface area contributed by atoms with Gasteiger partial charge in [0.2, 0.25) is 0 Å². The van der Waals surface area contributed by atoms with E-state index in [4.69, 9.17) is 0 Å². The Hall–Kier alpha value is 0.584. The molecule has 0 saturated carbocycles. The van der Waals surface area contributed by atoms with Gasteiger partial charge >= 0.3 is 18.6 Å². The van der Waals surface area contributed by atoms with Crippen LogP contribution in [0.25, 0.3) is 0 Å². The van der Waals surface area contributed by atoms with Gasteiger partial charge in [-0.2, -0.15) is 6.92 Å². The van der Waals surface area contributed by atoms with Crippen LogP contribution in [0.4, 0.5) is 0 Å². The van der Waals surface area contributed by atoms with E-state index in [1.807, 2.05) is 0 Å². The van der Waals surface area contributed by atoms with Gasteiger partial charge in [0.25, 0.3) is 0 Å². The number of hydrogen-bond donors (Lipinski definition) is 0. The third kappa shape index (κ3) is 172. The summed E-state index contributed by atoms with van der Waals surface area (Å²) in [7, 11) is 0. The van der Waals surface area contributed by atoms with Gasteiger partial charge < -0.3 is 14.4 Å². The summed E-state index contributed by atoms with van der Waals surface area (Å²) in [5, 5.41) is 0. The molecule has 0 aliphatic carbocycles. The van der Waals surface area contributed by atoms with E-state index in [-0.39, 0.29) is 40.8 Å². The zero-order chi connectivity index (χ0) is 2.00. The van der Waals surface area contributed by atoms with Gasteiger partial charge in [-0.05, 0) is 0 Å². The van der Waals surface area contributed by atoms with Gasteiger partial charge in [0, 0.05) is 0 Å². The SMILES string of the molecule is C.C.[CH2-]C.[CH3-].[V+2]. The predicted molar refractivity (Wildman–Crippen MR) is 30.9 cm³/mol. The van der Waals surface area contributed by atoms with E-state index < -0.39 is 0 Å². The predicted octanol–water partition coefficient (Wildman–Crippen LogP) is 2.56.